The molecule has 2 rings (SSSR count). The number of halogens is 2. The van der Waals surface area contributed by atoms with Crippen LogP contribution in [-0.4, -0.2) is 46.1 Å². The van der Waals surface area contributed by atoms with Gasteiger partial charge in [0.1, 0.15) is 16.3 Å². The first kappa shape index (κ1) is 21.3. The first-order chi connectivity index (χ1) is 12.1. The number of H-pyrrole nitrogens is 2. The van der Waals surface area contributed by atoms with Gasteiger partial charge in [-0.25, -0.2) is 24.4 Å². The van der Waals surface area contributed by atoms with Crippen LogP contribution in [0, 0.1) is 13.8 Å². The fraction of sp³-hybridized carbons (Fsp3) is 0.286. The van der Waals surface area contributed by atoms with E-state index in [2.05, 4.69) is 24.4 Å². The SMILES string of the molecule is COC(=O)c1c(C)[nH]c(=O)[nH]c1=O.COC(=O)c1c(C)nc(Cl)nc1Cl. The third-order valence-corrected chi connectivity index (χ3v) is 3.37. The molecule has 0 aliphatic heterocycles. The Bertz CT molecular complexity index is 930. The Morgan fingerprint density at radius 1 is 0.923 bits per heavy atom. The zero-order chi connectivity index (χ0) is 20.0. The third-order valence-electron chi connectivity index (χ3n) is 2.93. The van der Waals surface area contributed by atoms with Crippen molar-refractivity contribution >= 4 is 35.1 Å². The number of esters is 2. The summed E-state index contributed by atoms with van der Waals surface area (Å²) >= 11 is 11.2. The van der Waals surface area contributed by atoms with Crippen molar-refractivity contribution in [2.45, 2.75) is 13.8 Å². The van der Waals surface area contributed by atoms with E-state index in [-0.39, 0.29) is 27.3 Å². The Labute approximate surface area is 156 Å². The molecule has 0 unspecified atom stereocenters. The summed E-state index contributed by atoms with van der Waals surface area (Å²) in [7, 11) is 2.42. The number of hydrogen-bond acceptors (Lipinski definition) is 8. The first-order valence-corrected chi connectivity index (χ1v) is 7.57. The van der Waals surface area contributed by atoms with Gasteiger partial charge >= 0.3 is 17.6 Å². The van der Waals surface area contributed by atoms with E-state index in [0.717, 1.165) is 7.11 Å². The van der Waals surface area contributed by atoms with Crippen molar-refractivity contribution < 1.29 is 19.1 Å². The highest BCUT2D eigenvalue weighted by atomic mass is 35.5. The van der Waals surface area contributed by atoms with E-state index in [1.54, 1.807) is 6.92 Å². The van der Waals surface area contributed by atoms with E-state index >= 15 is 0 Å². The standard InChI is InChI=1S/C7H6Cl2N2O2.C7H8N2O4/c1-3-4(6(12)13-2)5(8)11-7(9)10-3;1-3-4(6(11)13-2)5(10)9-7(12)8-3/h1-2H3;1-2H3,(H2,8,9,10,12). The number of carbonyl (C=O) groups excluding carboxylic acids is 2. The van der Waals surface area contributed by atoms with Crippen LogP contribution in [0.1, 0.15) is 32.1 Å². The zero-order valence-corrected chi connectivity index (χ0v) is 15.6. The first-order valence-electron chi connectivity index (χ1n) is 6.81. The van der Waals surface area contributed by atoms with Crippen molar-refractivity contribution in [2.75, 3.05) is 14.2 Å². The summed E-state index contributed by atoms with van der Waals surface area (Å²) < 4.78 is 8.85. The van der Waals surface area contributed by atoms with Crippen LogP contribution in [0.3, 0.4) is 0 Å². The molecule has 2 N–H and O–H groups in total. The van der Waals surface area contributed by atoms with Gasteiger partial charge in [-0.05, 0) is 25.4 Å². The summed E-state index contributed by atoms with van der Waals surface area (Å²) in [6.45, 7) is 3.05. The average Bonchev–Trinajstić information content (AvgIpc) is 2.53. The molecule has 0 saturated heterocycles. The molecule has 2 aromatic rings. The van der Waals surface area contributed by atoms with Crippen molar-refractivity contribution in [3.05, 3.63) is 53.8 Å². The maximum atomic E-state index is 11.1. The maximum Gasteiger partial charge on any atom is 0.345 e. The van der Waals surface area contributed by atoms with Gasteiger partial charge in [0.25, 0.3) is 5.56 Å². The normalized spacial score (nSPS) is 9.77. The number of carbonyl (C=O) groups is 2. The quantitative estimate of drug-likeness (QED) is 0.428. The second-order valence-electron chi connectivity index (χ2n) is 4.64. The second-order valence-corrected chi connectivity index (χ2v) is 5.33. The Hall–Kier alpha value is -2.72. The van der Waals surface area contributed by atoms with Crippen molar-refractivity contribution in [1.82, 2.24) is 19.9 Å². The molecule has 0 spiro atoms. The van der Waals surface area contributed by atoms with Crippen LogP contribution < -0.4 is 11.2 Å². The molecule has 0 fully saturated rings. The minimum atomic E-state index is -0.769. The Balaban J connectivity index is 0.000000260. The topological polar surface area (TPSA) is 144 Å². The van der Waals surface area contributed by atoms with E-state index < -0.39 is 23.2 Å². The lowest BCUT2D eigenvalue weighted by molar-refractivity contribution is 0.0589. The fourth-order valence-electron chi connectivity index (χ4n) is 1.79. The monoisotopic (exact) mass is 404 g/mol. The Kier molecular flexibility index (Phi) is 7.47. The molecular weight excluding hydrogens is 391 g/mol. The van der Waals surface area contributed by atoms with Gasteiger partial charge in [-0.1, -0.05) is 11.6 Å². The molecule has 0 bridgehead atoms. The smallest absolute Gasteiger partial charge is 0.345 e. The summed E-state index contributed by atoms with van der Waals surface area (Å²) in [5.74, 6) is -1.34. The van der Waals surface area contributed by atoms with Crippen LogP contribution in [0.4, 0.5) is 0 Å². The predicted molar refractivity (Wildman–Crippen MR) is 91.9 cm³/mol. The molecule has 0 aliphatic carbocycles. The summed E-state index contributed by atoms with van der Waals surface area (Å²) in [5, 5.41) is 0.0134. The highest BCUT2D eigenvalue weighted by molar-refractivity contribution is 6.34. The van der Waals surface area contributed by atoms with E-state index in [0.29, 0.717) is 5.69 Å². The maximum absolute atomic E-state index is 11.1. The summed E-state index contributed by atoms with van der Waals surface area (Å²) in [5.41, 5.74) is -0.823. The molecule has 12 heteroatoms. The van der Waals surface area contributed by atoms with Crippen molar-refractivity contribution in [3.8, 4) is 0 Å². The van der Waals surface area contributed by atoms with E-state index in [1.807, 2.05) is 4.98 Å². The number of methoxy groups -OCH3 is 2. The number of aromatic amines is 2. The van der Waals surface area contributed by atoms with Crippen LogP contribution in [0.2, 0.25) is 10.4 Å². The number of hydrogen-bond donors (Lipinski definition) is 2. The van der Waals surface area contributed by atoms with E-state index in [1.165, 1.54) is 14.0 Å². The number of nitrogens with zero attached hydrogens (tertiary/aromatic N) is 2. The zero-order valence-electron chi connectivity index (χ0n) is 14.1. The lowest BCUT2D eigenvalue weighted by Crippen LogP contribution is -2.29. The Morgan fingerprint density at radius 2 is 1.46 bits per heavy atom. The number of aryl methyl sites for hydroxylation is 2. The van der Waals surface area contributed by atoms with Gasteiger partial charge in [-0.2, -0.15) is 0 Å². The molecule has 2 aromatic heterocycles. The fourth-order valence-corrected chi connectivity index (χ4v) is 2.34. The Morgan fingerprint density at radius 3 is 1.92 bits per heavy atom. The van der Waals surface area contributed by atoms with Crippen LogP contribution in [-0.2, 0) is 9.47 Å². The van der Waals surface area contributed by atoms with Crippen molar-refractivity contribution in [2.24, 2.45) is 0 Å². The molecule has 0 amide bonds. The number of rotatable bonds is 2. The minimum Gasteiger partial charge on any atom is -0.465 e. The van der Waals surface area contributed by atoms with Gasteiger partial charge in [0.05, 0.1) is 19.9 Å². The molecule has 26 heavy (non-hydrogen) atoms. The summed E-state index contributed by atoms with van der Waals surface area (Å²) in [4.78, 5) is 55.5. The van der Waals surface area contributed by atoms with Crippen LogP contribution in [0.15, 0.2) is 9.59 Å². The molecule has 0 radical (unpaired) electrons. The molecule has 10 nitrogen and oxygen atoms in total. The predicted octanol–water partition coefficient (Wildman–Crippen LogP) is 1.04. The molecule has 0 atom stereocenters. The lowest BCUT2D eigenvalue weighted by atomic mass is 10.2. The average molecular weight is 405 g/mol. The molecule has 0 aromatic carbocycles. The van der Waals surface area contributed by atoms with Crippen LogP contribution in [0.5, 0.6) is 0 Å². The second kappa shape index (κ2) is 9.11. The lowest BCUT2D eigenvalue weighted by Gasteiger charge is -2.04. The third kappa shape index (κ3) is 5.14. The van der Waals surface area contributed by atoms with E-state index in [4.69, 9.17) is 23.2 Å². The molecule has 140 valence electrons. The van der Waals surface area contributed by atoms with Gasteiger partial charge in [-0.15, -0.1) is 0 Å². The van der Waals surface area contributed by atoms with Crippen LogP contribution in [0.25, 0.3) is 0 Å². The van der Waals surface area contributed by atoms with Gasteiger partial charge < -0.3 is 14.5 Å². The van der Waals surface area contributed by atoms with Gasteiger partial charge in [0.15, 0.2) is 0 Å². The van der Waals surface area contributed by atoms with E-state index in [9.17, 15) is 19.2 Å². The van der Waals surface area contributed by atoms with Gasteiger partial charge in [-0.3, -0.25) is 9.78 Å². The van der Waals surface area contributed by atoms with Crippen molar-refractivity contribution in [1.29, 1.82) is 0 Å². The van der Waals surface area contributed by atoms with Gasteiger partial charge in [0.2, 0.25) is 5.28 Å². The summed E-state index contributed by atoms with van der Waals surface area (Å²) in [6, 6.07) is 0. The molecule has 2 heterocycles. The highest BCUT2D eigenvalue weighted by Crippen LogP contribution is 2.18. The minimum absolute atomic E-state index is 0.00403. The molecular formula is C14H14Cl2N4O6. The number of nitrogens with one attached hydrogen (secondary N) is 2. The largest absolute Gasteiger partial charge is 0.465 e. The van der Waals surface area contributed by atoms with Gasteiger partial charge in [0, 0.05) is 5.69 Å². The molecule has 0 saturated carbocycles. The number of aromatic nitrogens is 4. The van der Waals surface area contributed by atoms with Crippen LogP contribution >= 0.6 is 23.2 Å². The highest BCUT2D eigenvalue weighted by Gasteiger charge is 2.17. The number of ether oxygens (including phenoxy) is 2. The molecule has 0 aliphatic rings. The van der Waals surface area contributed by atoms with Crippen molar-refractivity contribution in [3.63, 3.8) is 0 Å². The summed E-state index contributed by atoms with van der Waals surface area (Å²) in [6.07, 6.45) is 0.